The predicted octanol–water partition coefficient (Wildman–Crippen LogP) is 4.24. The van der Waals surface area contributed by atoms with Crippen molar-refractivity contribution in [2.75, 3.05) is 20.3 Å². The molecule has 1 heterocycles. The van der Waals surface area contributed by atoms with Crippen molar-refractivity contribution in [3.8, 4) is 0 Å². The summed E-state index contributed by atoms with van der Waals surface area (Å²) in [4.78, 5) is 25.6. The molecule has 2 saturated carbocycles. The molecule has 3 fully saturated rings. The molecule has 0 radical (unpaired) electrons. The Balaban J connectivity index is 1.59. The van der Waals surface area contributed by atoms with Gasteiger partial charge in [-0.2, -0.15) is 0 Å². The molecule has 4 rings (SSSR count). The molecule has 4 atom stereocenters. The molecular weight excluding hydrogens is 368 g/mol. The van der Waals surface area contributed by atoms with E-state index in [4.69, 9.17) is 14.2 Å². The maximum absolute atomic E-state index is 13.1. The molecule has 5 nitrogen and oxygen atoms in total. The quantitative estimate of drug-likeness (QED) is 0.656. The number of Topliss-reactive ketones (excluding diaryl/α,β-unsaturated/α-hetero) is 2. The molecule has 3 aliphatic carbocycles. The predicted molar refractivity (Wildman–Crippen MR) is 109 cm³/mol. The van der Waals surface area contributed by atoms with Gasteiger partial charge in [-0.1, -0.05) is 25.0 Å². The van der Waals surface area contributed by atoms with Gasteiger partial charge in [0.25, 0.3) is 0 Å². The second kappa shape index (κ2) is 7.28. The minimum Gasteiger partial charge on any atom is -0.380 e. The average Bonchev–Trinajstić information content (AvgIpc) is 2.98. The van der Waals surface area contributed by atoms with Crippen molar-refractivity contribution >= 4 is 11.6 Å². The van der Waals surface area contributed by atoms with Gasteiger partial charge in [0, 0.05) is 37.2 Å². The van der Waals surface area contributed by atoms with Gasteiger partial charge in [-0.05, 0) is 45.4 Å². The molecule has 0 aromatic carbocycles. The zero-order valence-electron chi connectivity index (χ0n) is 18.6. The molecule has 4 aliphatic rings. The first-order valence-electron chi connectivity index (χ1n) is 11.2. The van der Waals surface area contributed by atoms with E-state index in [1.165, 1.54) is 11.1 Å². The minimum absolute atomic E-state index is 0.00314. The molecule has 0 aromatic heterocycles. The van der Waals surface area contributed by atoms with Gasteiger partial charge in [0.1, 0.15) is 11.6 Å². The number of hydrogen-bond acceptors (Lipinski definition) is 5. The van der Waals surface area contributed by atoms with E-state index in [1.807, 2.05) is 6.92 Å². The number of allylic oxidation sites excluding steroid dienone is 2. The summed E-state index contributed by atoms with van der Waals surface area (Å²) in [6, 6.07) is 0. The van der Waals surface area contributed by atoms with Crippen molar-refractivity contribution < 1.29 is 23.8 Å². The Hall–Kier alpha value is -1.04. The summed E-state index contributed by atoms with van der Waals surface area (Å²) in [5.74, 6) is -0.0317. The number of fused-ring (bicyclic) bond motifs is 2. The molecule has 162 valence electrons. The number of hydrogen-bond donors (Lipinski definition) is 0. The van der Waals surface area contributed by atoms with Crippen molar-refractivity contribution in [2.45, 2.75) is 84.5 Å². The Morgan fingerprint density at radius 2 is 1.72 bits per heavy atom. The lowest BCUT2D eigenvalue weighted by molar-refractivity contribution is -0.301. The standard InChI is InChI=1S/C24H36O5/c1-22(2)13-28-24(4,29-14-22)12-19(27-5)21-16-10-11-23(3)17(7-9-20(23)26)15(16)6-8-18(21)25/h16,19,21H,6-14H2,1-5H3. The molecule has 0 amide bonds. The Bertz CT molecular complexity index is 726. The van der Waals surface area contributed by atoms with Gasteiger partial charge in [-0.3, -0.25) is 9.59 Å². The highest BCUT2D eigenvalue weighted by Gasteiger charge is 2.52. The van der Waals surface area contributed by atoms with Crippen LogP contribution in [0.2, 0.25) is 0 Å². The van der Waals surface area contributed by atoms with Crippen LogP contribution in [0.3, 0.4) is 0 Å². The lowest BCUT2D eigenvalue weighted by Gasteiger charge is -2.47. The van der Waals surface area contributed by atoms with Crippen molar-refractivity contribution in [3.05, 3.63) is 11.1 Å². The zero-order chi connectivity index (χ0) is 21.0. The lowest BCUT2D eigenvalue weighted by atomic mass is 9.60. The van der Waals surface area contributed by atoms with Gasteiger partial charge in [0.15, 0.2) is 5.79 Å². The Morgan fingerprint density at radius 3 is 2.38 bits per heavy atom. The van der Waals surface area contributed by atoms with E-state index in [0.29, 0.717) is 44.0 Å². The highest BCUT2D eigenvalue weighted by Crippen LogP contribution is 2.55. The summed E-state index contributed by atoms with van der Waals surface area (Å²) in [6.07, 6.45) is 4.95. The van der Waals surface area contributed by atoms with Crippen LogP contribution in [0, 0.1) is 22.7 Å². The van der Waals surface area contributed by atoms with Gasteiger partial charge >= 0.3 is 0 Å². The molecule has 5 heteroatoms. The molecule has 4 unspecified atom stereocenters. The smallest absolute Gasteiger partial charge is 0.168 e. The van der Waals surface area contributed by atoms with Crippen LogP contribution in [-0.4, -0.2) is 43.8 Å². The molecule has 0 bridgehead atoms. The van der Waals surface area contributed by atoms with Gasteiger partial charge in [0.05, 0.1) is 25.2 Å². The van der Waals surface area contributed by atoms with Crippen LogP contribution in [0.1, 0.15) is 72.6 Å². The molecular formula is C24H36O5. The normalized spacial score (nSPS) is 37.3. The van der Waals surface area contributed by atoms with Gasteiger partial charge in [0.2, 0.25) is 0 Å². The Kier molecular flexibility index (Phi) is 5.32. The maximum Gasteiger partial charge on any atom is 0.168 e. The van der Waals surface area contributed by atoms with Crippen LogP contribution in [0.15, 0.2) is 11.1 Å². The number of carbonyl (C=O) groups is 2. The van der Waals surface area contributed by atoms with Crippen LogP contribution in [0.25, 0.3) is 0 Å². The number of ketones is 2. The topological polar surface area (TPSA) is 61.8 Å². The highest BCUT2D eigenvalue weighted by molar-refractivity contribution is 5.92. The van der Waals surface area contributed by atoms with E-state index >= 15 is 0 Å². The van der Waals surface area contributed by atoms with Crippen LogP contribution >= 0.6 is 0 Å². The Morgan fingerprint density at radius 1 is 1.03 bits per heavy atom. The summed E-state index contributed by atoms with van der Waals surface area (Å²) in [6.45, 7) is 9.62. The highest BCUT2D eigenvalue weighted by atomic mass is 16.7. The molecule has 0 N–H and O–H groups in total. The Labute approximate surface area is 174 Å². The molecule has 0 spiro atoms. The first-order chi connectivity index (χ1) is 13.6. The SMILES string of the molecule is COC(CC1(C)OCC(C)(C)CO1)C1C(=O)CCC2=C3CCC(=O)C3(C)CCC21. The second-order valence-corrected chi connectivity index (χ2v) is 10.7. The van der Waals surface area contributed by atoms with Crippen LogP contribution in [0.5, 0.6) is 0 Å². The van der Waals surface area contributed by atoms with E-state index in [1.54, 1.807) is 7.11 Å². The first kappa shape index (κ1) is 21.2. The monoisotopic (exact) mass is 404 g/mol. The summed E-state index contributed by atoms with van der Waals surface area (Å²) in [5.41, 5.74) is 2.44. The van der Waals surface area contributed by atoms with E-state index in [0.717, 1.165) is 25.7 Å². The summed E-state index contributed by atoms with van der Waals surface area (Å²) < 4.78 is 18.1. The van der Waals surface area contributed by atoms with Crippen LogP contribution in [-0.2, 0) is 23.8 Å². The van der Waals surface area contributed by atoms with E-state index in [2.05, 4.69) is 20.8 Å². The number of rotatable bonds is 4. The largest absolute Gasteiger partial charge is 0.380 e. The van der Waals surface area contributed by atoms with E-state index in [-0.39, 0.29) is 28.8 Å². The third-order valence-electron chi connectivity index (χ3n) is 7.93. The number of carbonyl (C=O) groups excluding carboxylic acids is 2. The van der Waals surface area contributed by atoms with Crippen LogP contribution in [0.4, 0.5) is 0 Å². The molecule has 29 heavy (non-hydrogen) atoms. The number of methoxy groups -OCH3 is 1. The minimum atomic E-state index is -0.728. The van der Waals surface area contributed by atoms with Crippen molar-refractivity contribution in [2.24, 2.45) is 22.7 Å². The lowest BCUT2D eigenvalue weighted by Crippen LogP contribution is -2.51. The van der Waals surface area contributed by atoms with Crippen molar-refractivity contribution in [3.63, 3.8) is 0 Å². The van der Waals surface area contributed by atoms with Gasteiger partial charge in [-0.15, -0.1) is 0 Å². The van der Waals surface area contributed by atoms with Crippen molar-refractivity contribution in [1.82, 2.24) is 0 Å². The third-order valence-corrected chi connectivity index (χ3v) is 7.93. The average molecular weight is 405 g/mol. The fraction of sp³-hybridized carbons (Fsp3) is 0.833. The van der Waals surface area contributed by atoms with E-state index in [9.17, 15) is 9.59 Å². The first-order valence-corrected chi connectivity index (χ1v) is 11.2. The molecule has 0 aromatic rings. The molecule has 1 saturated heterocycles. The van der Waals surface area contributed by atoms with Gasteiger partial charge < -0.3 is 14.2 Å². The van der Waals surface area contributed by atoms with Crippen molar-refractivity contribution in [1.29, 1.82) is 0 Å². The van der Waals surface area contributed by atoms with Crippen LogP contribution < -0.4 is 0 Å². The summed E-state index contributed by atoms with van der Waals surface area (Å²) in [7, 11) is 1.70. The number of ether oxygens (including phenoxy) is 3. The summed E-state index contributed by atoms with van der Waals surface area (Å²) >= 11 is 0. The fourth-order valence-electron chi connectivity index (χ4n) is 6.07. The molecule has 1 aliphatic heterocycles. The maximum atomic E-state index is 13.1. The second-order valence-electron chi connectivity index (χ2n) is 10.7. The van der Waals surface area contributed by atoms with E-state index < -0.39 is 5.79 Å². The zero-order valence-corrected chi connectivity index (χ0v) is 18.6. The third kappa shape index (κ3) is 3.64. The van der Waals surface area contributed by atoms with Gasteiger partial charge in [-0.25, -0.2) is 0 Å². The fourth-order valence-corrected chi connectivity index (χ4v) is 6.07. The summed E-state index contributed by atoms with van der Waals surface area (Å²) in [5, 5.41) is 0.